The van der Waals surface area contributed by atoms with Crippen molar-refractivity contribution in [1.29, 1.82) is 0 Å². The molecule has 0 amide bonds. The Morgan fingerprint density at radius 3 is 1.07 bits per heavy atom. The fraction of sp³-hybridized carbons (Fsp3) is 0.231. The molecule has 0 aliphatic heterocycles. The van der Waals surface area contributed by atoms with E-state index in [0.717, 1.165) is 0 Å². The van der Waals surface area contributed by atoms with E-state index in [1.165, 1.54) is 32.0 Å². The van der Waals surface area contributed by atoms with Gasteiger partial charge >= 0.3 is 0 Å². The minimum absolute atomic E-state index is 1.24. The van der Waals surface area contributed by atoms with Crippen LogP contribution in [0.25, 0.3) is 12.2 Å². The number of allylic oxidation sites excluding steroid dienone is 2. The van der Waals surface area contributed by atoms with Crippen LogP contribution in [0.15, 0.2) is 72.8 Å². The lowest BCUT2D eigenvalue weighted by molar-refractivity contribution is 1.46. The number of thiophene rings is 1. The Morgan fingerprint density at radius 2 is 0.852 bits per heavy atom. The van der Waals surface area contributed by atoms with Gasteiger partial charge in [0.05, 0.1) is 0 Å². The first-order valence-corrected chi connectivity index (χ1v) is 10.2. The molecule has 0 saturated heterocycles. The third-order valence-corrected chi connectivity index (χ3v) is 4.75. The average Bonchev–Trinajstić information content (AvgIpc) is 3.06. The molecule has 1 heteroatoms. The second-order valence-corrected chi connectivity index (χ2v) is 7.97. The summed E-state index contributed by atoms with van der Waals surface area (Å²) in [6.07, 6.45) is 8.29. The fourth-order valence-electron chi connectivity index (χ4n) is 2.10. The minimum atomic E-state index is 1.24. The van der Waals surface area contributed by atoms with Crippen LogP contribution in [-0.4, -0.2) is 0 Å². The average molecular weight is 377 g/mol. The summed E-state index contributed by atoms with van der Waals surface area (Å²) in [5, 5.41) is 0. The normalized spacial score (nSPS) is 10.3. The van der Waals surface area contributed by atoms with Crippen molar-refractivity contribution in [2.45, 2.75) is 41.5 Å². The maximum atomic E-state index is 2.14. The molecule has 0 spiro atoms. The van der Waals surface area contributed by atoms with E-state index in [1.54, 1.807) is 0 Å². The topological polar surface area (TPSA) is 0 Å². The van der Waals surface area contributed by atoms with Gasteiger partial charge in [-0.3, -0.25) is 0 Å². The molecule has 1 heterocycles. The van der Waals surface area contributed by atoms with Crippen LogP contribution in [0, 0.1) is 27.7 Å². The summed E-state index contributed by atoms with van der Waals surface area (Å²) in [5.74, 6) is 0. The van der Waals surface area contributed by atoms with Crippen molar-refractivity contribution in [2.24, 2.45) is 0 Å². The lowest BCUT2D eigenvalue weighted by atomic mass is 10.1. The molecule has 0 aliphatic carbocycles. The summed E-state index contributed by atoms with van der Waals surface area (Å²) in [4.78, 5) is 2.80. The molecule has 0 aliphatic rings. The predicted octanol–water partition coefficient (Wildman–Crippen LogP) is 8.42. The van der Waals surface area contributed by atoms with Gasteiger partial charge in [-0.05, 0) is 64.8 Å². The van der Waals surface area contributed by atoms with Gasteiger partial charge in [-0.15, -0.1) is 11.3 Å². The number of benzene rings is 2. The molecule has 0 saturated carbocycles. The Labute approximate surface area is 169 Å². The molecule has 3 rings (SSSR count). The molecule has 0 N–H and O–H groups in total. The van der Waals surface area contributed by atoms with Crippen molar-refractivity contribution >= 4 is 23.5 Å². The van der Waals surface area contributed by atoms with E-state index in [-0.39, 0.29) is 0 Å². The second-order valence-electron chi connectivity index (χ2n) is 6.48. The van der Waals surface area contributed by atoms with E-state index in [4.69, 9.17) is 0 Å². The van der Waals surface area contributed by atoms with Crippen LogP contribution in [0.1, 0.15) is 45.9 Å². The Kier molecular flexibility index (Phi) is 10.8. The van der Waals surface area contributed by atoms with Crippen molar-refractivity contribution in [3.05, 3.63) is 105 Å². The highest BCUT2D eigenvalue weighted by Gasteiger charge is 1.88. The van der Waals surface area contributed by atoms with Crippen molar-refractivity contribution in [3.8, 4) is 0 Å². The van der Waals surface area contributed by atoms with Crippen LogP contribution in [0.3, 0.4) is 0 Å². The number of hydrogen-bond donors (Lipinski definition) is 0. The molecule has 27 heavy (non-hydrogen) atoms. The fourth-order valence-corrected chi connectivity index (χ4v) is 2.88. The van der Waals surface area contributed by atoms with E-state index >= 15 is 0 Å². The first-order valence-electron chi connectivity index (χ1n) is 9.36. The molecule has 3 aromatic rings. The Balaban J connectivity index is 0.000000273. The predicted molar refractivity (Wildman–Crippen MR) is 126 cm³/mol. The van der Waals surface area contributed by atoms with Gasteiger partial charge in [0, 0.05) is 9.75 Å². The van der Waals surface area contributed by atoms with Crippen LogP contribution in [0.5, 0.6) is 0 Å². The van der Waals surface area contributed by atoms with Gasteiger partial charge in [-0.25, -0.2) is 0 Å². The number of rotatable bonds is 2. The molecule has 0 nitrogen and oxygen atoms in total. The zero-order valence-electron chi connectivity index (χ0n) is 17.5. The largest absolute Gasteiger partial charge is 0.146 e. The summed E-state index contributed by atoms with van der Waals surface area (Å²) in [5.41, 5.74) is 5.08. The van der Waals surface area contributed by atoms with Crippen molar-refractivity contribution in [1.82, 2.24) is 0 Å². The second kappa shape index (κ2) is 12.9. The van der Waals surface area contributed by atoms with Crippen molar-refractivity contribution < 1.29 is 0 Å². The molecule has 0 unspecified atom stereocenters. The van der Waals surface area contributed by atoms with Gasteiger partial charge in [0.25, 0.3) is 0 Å². The number of hydrogen-bond acceptors (Lipinski definition) is 1. The third kappa shape index (κ3) is 10.4. The summed E-state index contributed by atoms with van der Waals surface area (Å²) in [6.45, 7) is 12.5. The highest BCUT2D eigenvalue weighted by Crippen LogP contribution is 2.12. The standard InChI is InChI=1S/C16H16.C6H8S.C4H8/c1-13-3-7-15(8-4-13)11-12-16-9-5-14(2)6-10-16;1-5-3-4-6(2)7-5;1-3-4-2/h3-12H,1-2H3;3-4H,1-2H3;3-4H,1-2H3. The number of aryl methyl sites for hydroxylation is 4. The first kappa shape index (κ1) is 22.7. The molecular formula is C26H32S. The van der Waals surface area contributed by atoms with Crippen LogP contribution in [0.4, 0.5) is 0 Å². The lowest BCUT2D eigenvalue weighted by Crippen LogP contribution is -1.75. The highest BCUT2D eigenvalue weighted by molar-refractivity contribution is 7.11. The highest BCUT2D eigenvalue weighted by atomic mass is 32.1. The van der Waals surface area contributed by atoms with E-state index < -0.39 is 0 Å². The van der Waals surface area contributed by atoms with Gasteiger partial charge in [0.15, 0.2) is 0 Å². The molecule has 0 atom stereocenters. The molecular weight excluding hydrogens is 344 g/mol. The molecule has 0 bridgehead atoms. The molecule has 1 aromatic heterocycles. The molecule has 0 radical (unpaired) electrons. The Morgan fingerprint density at radius 1 is 0.519 bits per heavy atom. The van der Waals surface area contributed by atoms with Crippen LogP contribution in [0.2, 0.25) is 0 Å². The third-order valence-electron chi connectivity index (χ3n) is 3.83. The SMILES string of the molecule is CC=CC.Cc1ccc(C)s1.Cc1ccc(C=Cc2ccc(C)cc2)cc1. The van der Waals surface area contributed by atoms with Gasteiger partial charge in [0.1, 0.15) is 0 Å². The van der Waals surface area contributed by atoms with Crippen LogP contribution >= 0.6 is 11.3 Å². The van der Waals surface area contributed by atoms with E-state index in [2.05, 4.69) is 101 Å². The van der Waals surface area contributed by atoms with E-state index in [0.29, 0.717) is 0 Å². The summed E-state index contributed by atoms with van der Waals surface area (Å²) < 4.78 is 0. The lowest BCUT2D eigenvalue weighted by Gasteiger charge is -1.96. The van der Waals surface area contributed by atoms with E-state index in [9.17, 15) is 0 Å². The summed E-state index contributed by atoms with van der Waals surface area (Å²) in [7, 11) is 0. The summed E-state index contributed by atoms with van der Waals surface area (Å²) in [6, 6.07) is 21.4. The first-order chi connectivity index (χ1) is 12.9. The van der Waals surface area contributed by atoms with Gasteiger partial charge in [-0.1, -0.05) is 84.0 Å². The van der Waals surface area contributed by atoms with Gasteiger partial charge < -0.3 is 0 Å². The maximum absolute atomic E-state index is 2.14. The minimum Gasteiger partial charge on any atom is -0.146 e. The summed E-state index contributed by atoms with van der Waals surface area (Å²) >= 11 is 1.84. The molecule has 0 fully saturated rings. The molecule has 142 valence electrons. The van der Waals surface area contributed by atoms with Crippen LogP contribution < -0.4 is 0 Å². The van der Waals surface area contributed by atoms with Crippen molar-refractivity contribution in [2.75, 3.05) is 0 Å². The van der Waals surface area contributed by atoms with Crippen LogP contribution in [-0.2, 0) is 0 Å². The Bertz CT molecular complexity index is 747. The monoisotopic (exact) mass is 376 g/mol. The van der Waals surface area contributed by atoms with Crippen molar-refractivity contribution in [3.63, 3.8) is 0 Å². The molecule has 2 aromatic carbocycles. The zero-order valence-corrected chi connectivity index (χ0v) is 18.3. The van der Waals surface area contributed by atoms with E-state index in [1.807, 2.05) is 37.3 Å². The smallest absolute Gasteiger partial charge is 0.00170 e. The quantitative estimate of drug-likeness (QED) is 0.311. The zero-order chi connectivity index (χ0) is 20.1. The van der Waals surface area contributed by atoms with Gasteiger partial charge in [-0.2, -0.15) is 0 Å². The van der Waals surface area contributed by atoms with Gasteiger partial charge in [0.2, 0.25) is 0 Å². The maximum Gasteiger partial charge on any atom is 0.00170 e. The Hall–Kier alpha value is -2.38.